The molecule has 0 spiro atoms. The van der Waals surface area contributed by atoms with E-state index in [1.54, 1.807) is 18.2 Å². The van der Waals surface area contributed by atoms with E-state index in [1.807, 2.05) is 6.07 Å². The molecular weight excluding hydrogens is 228 g/mol. The van der Waals surface area contributed by atoms with E-state index in [2.05, 4.69) is 9.71 Å². The van der Waals surface area contributed by atoms with Crippen LogP contribution in [0, 0.1) is 0 Å². The largest absolute Gasteiger partial charge is 0.475 e. The zero-order valence-electron chi connectivity index (χ0n) is 8.80. The molecule has 5 nitrogen and oxygen atoms in total. The van der Waals surface area contributed by atoms with Crippen LogP contribution in [0.25, 0.3) is 0 Å². The van der Waals surface area contributed by atoms with Gasteiger partial charge in [0.2, 0.25) is 15.9 Å². The maximum atomic E-state index is 11.2. The number of para-hydroxylation sites is 1. The van der Waals surface area contributed by atoms with Crippen molar-refractivity contribution in [3.05, 3.63) is 29.8 Å². The summed E-state index contributed by atoms with van der Waals surface area (Å²) in [7, 11) is -3.29. The van der Waals surface area contributed by atoms with Gasteiger partial charge >= 0.3 is 0 Å². The van der Waals surface area contributed by atoms with Crippen LogP contribution in [0.4, 0.5) is 5.69 Å². The molecule has 0 amide bonds. The first-order valence-electron chi connectivity index (χ1n) is 4.81. The molecule has 0 bridgehead atoms. The molecule has 0 saturated carbocycles. The van der Waals surface area contributed by atoms with E-state index in [4.69, 9.17) is 4.74 Å². The van der Waals surface area contributed by atoms with Gasteiger partial charge in [-0.05, 0) is 12.1 Å². The third-order valence-corrected chi connectivity index (χ3v) is 2.63. The first kappa shape index (κ1) is 10.9. The summed E-state index contributed by atoms with van der Waals surface area (Å²) in [6, 6.07) is 7.03. The van der Waals surface area contributed by atoms with Crippen molar-refractivity contribution in [2.75, 3.05) is 24.1 Å². The van der Waals surface area contributed by atoms with Crippen LogP contribution in [0.3, 0.4) is 0 Å². The van der Waals surface area contributed by atoms with Crippen LogP contribution in [0.5, 0.6) is 0 Å². The van der Waals surface area contributed by atoms with E-state index in [-0.39, 0.29) is 0 Å². The highest BCUT2D eigenvalue weighted by Crippen LogP contribution is 2.19. The van der Waals surface area contributed by atoms with Gasteiger partial charge < -0.3 is 4.74 Å². The molecule has 0 aromatic heterocycles. The van der Waals surface area contributed by atoms with Crippen molar-refractivity contribution >= 4 is 21.6 Å². The standard InChI is InChI=1S/C10H12N2O3S/c1-16(13,14)12-9-5-3-2-4-8(9)10-11-6-7-15-10/h2-5,12H,6-7H2,1H3. The summed E-state index contributed by atoms with van der Waals surface area (Å²) in [6.07, 6.45) is 1.11. The monoisotopic (exact) mass is 240 g/mol. The van der Waals surface area contributed by atoms with Gasteiger partial charge in [0.05, 0.1) is 24.1 Å². The van der Waals surface area contributed by atoms with Gasteiger partial charge in [0.25, 0.3) is 0 Å². The van der Waals surface area contributed by atoms with Crippen molar-refractivity contribution in [1.82, 2.24) is 0 Å². The number of nitrogens with one attached hydrogen (secondary N) is 1. The van der Waals surface area contributed by atoms with Crippen molar-refractivity contribution in [1.29, 1.82) is 0 Å². The summed E-state index contributed by atoms with van der Waals surface area (Å²) >= 11 is 0. The smallest absolute Gasteiger partial charge is 0.229 e. The summed E-state index contributed by atoms with van der Waals surface area (Å²) in [5, 5.41) is 0. The number of benzene rings is 1. The van der Waals surface area contributed by atoms with Crippen LogP contribution < -0.4 is 4.72 Å². The lowest BCUT2D eigenvalue weighted by Gasteiger charge is -2.09. The predicted octanol–water partition coefficient (Wildman–Crippen LogP) is 0.835. The topological polar surface area (TPSA) is 67.8 Å². The quantitative estimate of drug-likeness (QED) is 0.851. The van der Waals surface area contributed by atoms with Gasteiger partial charge in [0, 0.05) is 0 Å². The minimum absolute atomic E-state index is 0.491. The fourth-order valence-electron chi connectivity index (χ4n) is 1.46. The number of ether oxygens (including phenoxy) is 1. The second kappa shape index (κ2) is 4.13. The summed E-state index contributed by atoms with van der Waals surface area (Å²) in [6.45, 7) is 1.16. The van der Waals surface area contributed by atoms with Crippen LogP contribution in [0.15, 0.2) is 29.3 Å². The molecule has 1 aliphatic rings. The lowest BCUT2D eigenvalue weighted by Crippen LogP contribution is -2.13. The Labute approximate surface area is 94.2 Å². The first-order valence-corrected chi connectivity index (χ1v) is 6.70. The molecule has 16 heavy (non-hydrogen) atoms. The number of hydrogen-bond donors (Lipinski definition) is 1. The number of aliphatic imine (C=N–C) groups is 1. The number of hydrogen-bond acceptors (Lipinski definition) is 4. The molecule has 0 radical (unpaired) electrons. The van der Waals surface area contributed by atoms with Crippen molar-refractivity contribution in [2.45, 2.75) is 0 Å². The van der Waals surface area contributed by atoms with Crippen molar-refractivity contribution < 1.29 is 13.2 Å². The number of rotatable bonds is 3. The maximum absolute atomic E-state index is 11.2. The summed E-state index contributed by atoms with van der Waals surface area (Å²) < 4.78 is 30.1. The highest BCUT2D eigenvalue weighted by molar-refractivity contribution is 7.92. The van der Waals surface area contributed by atoms with Crippen molar-refractivity contribution in [3.8, 4) is 0 Å². The van der Waals surface area contributed by atoms with Crippen molar-refractivity contribution in [2.24, 2.45) is 4.99 Å². The van der Waals surface area contributed by atoms with Crippen LogP contribution in [0.2, 0.25) is 0 Å². The fourth-order valence-corrected chi connectivity index (χ4v) is 2.03. The van der Waals surface area contributed by atoms with Gasteiger partial charge in [-0.3, -0.25) is 4.72 Å². The number of nitrogens with zero attached hydrogens (tertiary/aromatic N) is 1. The van der Waals surface area contributed by atoms with Gasteiger partial charge in [-0.1, -0.05) is 12.1 Å². The van der Waals surface area contributed by atoms with E-state index < -0.39 is 10.0 Å². The lowest BCUT2D eigenvalue weighted by atomic mass is 10.2. The molecule has 1 aromatic carbocycles. The lowest BCUT2D eigenvalue weighted by molar-refractivity contribution is 0.348. The van der Waals surface area contributed by atoms with Gasteiger partial charge in [-0.25, -0.2) is 13.4 Å². The van der Waals surface area contributed by atoms with E-state index >= 15 is 0 Å². The highest BCUT2D eigenvalue weighted by atomic mass is 32.2. The molecule has 6 heteroatoms. The van der Waals surface area contributed by atoms with Crippen LogP contribution in [0.1, 0.15) is 5.56 Å². The highest BCUT2D eigenvalue weighted by Gasteiger charge is 2.15. The maximum Gasteiger partial charge on any atom is 0.229 e. The minimum Gasteiger partial charge on any atom is -0.475 e. The molecule has 0 aliphatic carbocycles. The molecule has 86 valence electrons. The second-order valence-corrected chi connectivity index (χ2v) is 5.20. The Balaban J connectivity index is 2.38. The van der Waals surface area contributed by atoms with Gasteiger partial charge in [0.15, 0.2) is 0 Å². The van der Waals surface area contributed by atoms with E-state index in [9.17, 15) is 8.42 Å². The average molecular weight is 240 g/mol. The Bertz CT molecular complexity index is 523. The first-order chi connectivity index (χ1) is 7.56. The van der Waals surface area contributed by atoms with Gasteiger partial charge in [-0.2, -0.15) is 0 Å². The number of anilines is 1. The number of sulfonamides is 1. The third kappa shape index (κ3) is 2.52. The summed E-state index contributed by atoms with van der Waals surface area (Å²) in [4.78, 5) is 4.16. The summed E-state index contributed by atoms with van der Waals surface area (Å²) in [5.74, 6) is 0.492. The zero-order valence-corrected chi connectivity index (χ0v) is 9.62. The molecule has 0 fully saturated rings. The second-order valence-electron chi connectivity index (χ2n) is 3.46. The predicted molar refractivity (Wildman–Crippen MR) is 62.3 cm³/mol. The van der Waals surface area contributed by atoms with Gasteiger partial charge in [0.1, 0.15) is 6.61 Å². The Kier molecular flexibility index (Phi) is 2.82. The third-order valence-electron chi connectivity index (χ3n) is 2.04. The SMILES string of the molecule is CS(=O)(=O)Nc1ccccc1C1=NCCO1. The normalized spacial score (nSPS) is 15.4. The molecule has 2 rings (SSSR count). The molecule has 1 aromatic rings. The molecule has 1 N–H and O–H groups in total. The molecule has 1 aliphatic heterocycles. The van der Waals surface area contributed by atoms with E-state index in [0.717, 1.165) is 6.26 Å². The Hall–Kier alpha value is -1.56. The minimum atomic E-state index is -3.29. The molecule has 0 unspecified atom stereocenters. The fraction of sp³-hybridized carbons (Fsp3) is 0.300. The Morgan fingerprint density at radius 1 is 1.38 bits per heavy atom. The zero-order chi connectivity index (χ0) is 11.6. The molecular formula is C10H12N2O3S. The van der Waals surface area contributed by atoms with E-state index in [1.165, 1.54) is 0 Å². The average Bonchev–Trinajstić information content (AvgIpc) is 2.69. The Morgan fingerprint density at radius 3 is 2.75 bits per heavy atom. The van der Waals surface area contributed by atoms with E-state index in [0.29, 0.717) is 30.3 Å². The van der Waals surface area contributed by atoms with Crippen LogP contribution in [-0.4, -0.2) is 33.7 Å². The Morgan fingerprint density at radius 2 is 2.12 bits per heavy atom. The van der Waals surface area contributed by atoms with Crippen LogP contribution >= 0.6 is 0 Å². The molecule has 0 saturated heterocycles. The van der Waals surface area contributed by atoms with Gasteiger partial charge in [-0.15, -0.1) is 0 Å². The van der Waals surface area contributed by atoms with Crippen LogP contribution in [-0.2, 0) is 14.8 Å². The molecule has 0 atom stereocenters. The summed E-state index contributed by atoms with van der Waals surface area (Å²) in [5.41, 5.74) is 1.16. The molecule has 1 heterocycles. The van der Waals surface area contributed by atoms with Crippen molar-refractivity contribution in [3.63, 3.8) is 0 Å².